The molecule has 4 saturated carbocycles. The summed E-state index contributed by atoms with van der Waals surface area (Å²) in [6, 6.07) is 0. The fourth-order valence-electron chi connectivity index (χ4n) is 4.43. The lowest BCUT2D eigenvalue weighted by atomic mass is 9.52. The number of amides is 1. The summed E-state index contributed by atoms with van der Waals surface area (Å²) in [6.07, 6.45) is 6.31. The van der Waals surface area contributed by atoms with E-state index in [1.54, 1.807) is 0 Å². The largest absolute Gasteiger partial charge is 0.289 e. The van der Waals surface area contributed by atoms with Crippen molar-refractivity contribution in [3.05, 3.63) is 0 Å². The maximum atomic E-state index is 11.5. The van der Waals surface area contributed by atoms with Crippen LogP contribution in [0.25, 0.3) is 0 Å². The van der Waals surface area contributed by atoms with Crippen molar-refractivity contribution in [2.24, 2.45) is 29.6 Å². The summed E-state index contributed by atoms with van der Waals surface area (Å²) in [5, 5.41) is 8.72. The summed E-state index contributed by atoms with van der Waals surface area (Å²) in [5.41, 5.74) is 1.85. The number of hydrogen-bond acceptors (Lipinski definition) is 2. The first kappa shape index (κ1) is 8.72. The van der Waals surface area contributed by atoms with Gasteiger partial charge in [-0.05, 0) is 55.8 Å². The number of carbonyl (C=O) groups excluding carboxylic acids is 1. The van der Waals surface area contributed by atoms with Gasteiger partial charge in [0.25, 0.3) is 0 Å². The number of rotatable bonds is 1. The van der Waals surface area contributed by atoms with Crippen LogP contribution in [0, 0.1) is 29.6 Å². The van der Waals surface area contributed by atoms with Gasteiger partial charge in [-0.25, -0.2) is 5.48 Å². The number of hydroxylamine groups is 1. The molecule has 0 saturated heterocycles. The van der Waals surface area contributed by atoms with Gasteiger partial charge in [-0.15, -0.1) is 0 Å². The van der Waals surface area contributed by atoms with Crippen molar-refractivity contribution >= 4 is 5.91 Å². The number of hydrogen-bond donors (Lipinski definition) is 2. The molecule has 0 aliphatic heterocycles. The van der Waals surface area contributed by atoms with E-state index in [1.165, 1.54) is 32.1 Å². The van der Waals surface area contributed by atoms with E-state index in [0.717, 1.165) is 11.8 Å². The summed E-state index contributed by atoms with van der Waals surface area (Å²) in [7, 11) is 0. The average Bonchev–Trinajstić information content (AvgIpc) is 2.15. The van der Waals surface area contributed by atoms with Gasteiger partial charge in [-0.2, -0.15) is 0 Å². The lowest BCUT2D eigenvalue weighted by molar-refractivity contribution is -0.146. The van der Waals surface area contributed by atoms with Crippen LogP contribution >= 0.6 is 0 Å². The minimum atomic E-state index is -0.126. The highest BCUT2D eigenvalue weighted by Gasteiger charge is 2.50. The van der Waals surface area contributed by atoms with Gasteiger partial charge in [-0.3, -0.25) is 10.0 Å². The molecule has 2 N–H and O–H groups in total. The molecule has 0 aromatic heterocycles. The van der Waals surface area contributed by atoms with Crippen LogP contribution in [0.4, 0.5) is 0 Å². The van der Waals surface area contributed by atoms with Crippen molar-refractivity contribution in [3.8, 4) is 0 Å². The molecule has 4 bridgehead atoms. The molecule has 4 aliphatic carbocycles. The third-order valence-electron chi connectivity index (χ3n) is 4.64. The second-order valence-corrected chi connectivity index (χ2v) is 5.43. The molecule has 4 rings (SSSR count). The highest BCUT2D eigenvalue weighted by atomic mass is 16.5. The Morgan fingerprint density at radius 3 is 1.93 bits per heavy atom. The Balaban J connectivity index is 1.84. The maximum absolute atomic E-state index is 11.5. The highest BCUT2D eigenvalue weighted by molar-refractivity contribution is 5.78. The van der Waals surface area contributed by atoms with Crippen LogP contribution in [0.3, 0.4) is 0 Å². The zero-order chi connectivity index (χ0) is 9.71. The van der Waals surface area contributed by atoms with Crippen LogP contribution in [0.15, 0.2) is 0 Å². The van der Waals surface area contributed by atoms with Gasteiger partial charge in [0.2, 0.25) is 5.91 Å². The van der Waals surface area contributed by atoms with Crippen LogP contribution in [0.2, 0.25) is 0 Å². The predicted octanol–water partition coefficient (Wildman–Crippen LogP) is 1.56. The molecule has 0 spiro atoms. The van der Waals surface area contributed by atoms with Crippen LogP contribution < -0.4 is 5.48 Å². The van der Waals surface area contributed by atoms with E-state index in [1.807, 2.05) is 5.48 Å². The van der Waals surface area contributed by atoms with Crippen molar-refractivity contribution in [1.29, 1.82) is 0 Å². The second kappa shape index (κ2) is 2.96. The van der Waals surface area contributed by atoms with Crippen molar-refractivity contribution in [1.82, 2.24) is 5.48 Å². The van der Waals surface area contributed by atoms with E-state index in [0.29, 0.717) is 11.8 Å². The molecule has 0 atom stereocenters. The molecule has 4 fully saturated rings. The molecule has 4 aliphatic rings. The fraction of sp³-hybridized carbons (Fsp3) is 0.909. The Kier molecular flexibility index (Phi) is 1.84. The molecule has 0 unspecified atom stereocenters. The molecule has 3 heteroatoms. The summed E-state index contributed by atoms with van der Waals surface area (Å²) in [5.74, 6) is 2.91. The zero-order valence-electron chi connectivity index (χ0n) is 8.28. The third kappa shape index (κ3) is 1.11. The Bertz CT molecular complexity index is 236. The van der Waals surface area contributed by atoms with Gasteiger partial charge in [0.1, 0.15) is 0 Å². The van der Waals surface area contributed by atoms with Crippen molar-refractivity contribution in [2.45, 2.75) is 32.1 Å². The molecule has 0 radical (unpaired) electrons. The molecule has 78 valence electrons. The summed E-state index contributed by atoms with van der Waals surface area (Å²) in [6.45, 7) is 0. The topological polar surface area (TPSA) is 49.3 Å². The van der Waals surface area contributed by atoms with E-state index in [-0.39, 0.29) is 11.8 Å². The Labute approximate surface area is 83.8 Å². The molecule has 0 aromatic carbocycles. The van der Waals surface area contributed by atoms with E-state index < -0.39 is 0 Å². The average molecular weight is 195 g/mol. The highest BCUT2D eigenvalue weighted by Crippen LogP contribution is 2.56. The molecular weight excluding hydrogens is 178 g/mol. The van der Waals surface area contributed by atoms with Crippen LogP contribution in [-0.2, 0) is 4.79 Å². The van der Waals surface area contributed by atoms with Gasteiger partial charge in [0, 0.05) is 5.92 Å². The van der Waals surface area contributed by atoms with E-state index in [9.17, 15) is 4.79 Å². The first-order valence-corrected chi connectivity index (χ1v) is 5.72. The quantitative estimate of drug-likeness (QED) is 0.493. The third-order valence-corrected chi connectivity index (χ3v) is 4.64. The first-order valence-electron chi connectivity index (χ1n) is 5.72. The lowest BCUT2D eigenvalue weighted by Gasteiger charge is -2.53. The van der Waals surface area contributed by atoms with Gasteiger partial charge >= 0.3 is 0 Å². The minimum absolute atomic E-state index is 0.118. The van der Waals surface area contributed by atoms with Crippen molar-refractivity contribution < 1.29 is 10.0 Å². The van der Waals surface area contributed by atoms with Gasteiger partial charge in [0.15, 0.2) is 0 Å². The summed E-state index contributed by atoms with van der Waals surface area (Å²) in [4.78, 5) is 11.5. The predicted molar refractivity (Wildman–Crippen MR) is 50.5 cm³/mol. The summed E-state index contributed by atoms with van der Waals surface area (Å²) < 4.78 is 0. The molecule has 0 aromatic rings. The molecule has 14 heavy (non-hydrogen) atoms. The fourth-order valence-corrected chi connectivity index (χ4v) is 4.43. The standard InChI is InChI=1S/C11H17NO2/c13-11(12-14)10-8-2-6-1-7(4-8)5-9(10)3-6/h6-10,14H,1-5H2,(H,12,13). The first-order chi connectivity index (χ1) is 6.78. The van der Waals surface area contributed by atoms with Crippen LogP contribution in [0.5, 0.6) is 0 Å². The summed E-state index contributed by atoms with van der Waals surface area (Å²) >= 11 is 0. The molecular formula is C11H17NO2. The van der Waals surface area contributed by atoms with E-state index in [2.05, 4.69) is 0 Å². The monoisotopic (exact) mass is 195 g/mol. The SMILES string of the molecule is O=C(NO)C1C2CC3CC(C2)CC1C3. The Morgan fingerprint density at radius 2 is 1.50 bits per heavy atom. The van der Waals surface area contributed by atoms with E-state index in [4.69, 9.17) is 5.21 Å². The molecule has 0 heterocycles. The number of carbonyl (C=O) groups is 1. The second-order valence-electron chi connectivity index (χ2n) is 5.43. The minimum Gasteiger partial charge on any atom is -0.289 e. The Morgan fingerprint density at radius 1 is 1.00 bits per heavy atom. The number of nitrogens with one attached hydrogen (secondary N) is 1. The molecule has 1 amide bonds. The maximum Gasteiger partial charge on any atom is 0.247 e. The Hall–Kier alpha value is -0.570. The smallest absolute Gasteiger partial charge is 0.247 e. The van der Waals surface area contributed by atoms with Crippen molar-refractivity contribution in [3.63, 3.8) is 0 Å². The zero-order valence-corrected chi connectivity index (χ0v) is 8.28. The van der Waals surface area contributed by atoms with Gasteiger partial charge < -0.3 is 0 Å². The van der Waals surface area contributed by atoms with Gasteiger partial charge in [-0.1, -0.05) is 0 Å². The van der Waals surface area contributed by atoms with Crippen LogP contribution in [0.1, 0.15) is 32.1 Å². The normalized spacial score (nSPS) is 49.4. The molecule has 3 nitrogen and oxygen atoms in total. The van der Waals surface area contributed by atoms with E-state index >= 15 is 0 Å². The lowest BCUT2D eigenvalue weighted by Crippen LogP contribution is -2.50. The van der Waals surface area contributed by atoms with Crippen molar-refractivity contribution in [2.75, 3.05) is 0 Å². The van der Waals surface area contributed by atoms with Crippen LogP contribution in [-0.4, -0.2) is 11.1 Å². The van der Waals surface area contributed by atoms with Gasteiger partial charge in [0.05, 0.1) is 0 Å².